The summed E-state index contributed by atoms with van der Waals surface area (Å²) in [7, 11) is 0. The van der Waals surface area contributed by atoms with E-state index in [9.17, 15) is 18.3 Å². The first-order chi connectivity index (χ1) is 16.3. The number of fused-ring (bicyclic) bond motifs is 1. The fourth-order valence-electron chi connectivity index (χ4n) is 5.39. The largest absolute Gasteiger partial charge is 0.507 e. The highest BCUT2D eigenvalue weighted by Crippen LogP contribution is 2.39. The summed E-state index contributed by atoms with van der Waals surface area (Å²) in [5.41, 5.74) is 3.03. The number of phenols is 1. The number of likely N-dealkylation sites (tertiary alicyclic amines) is 1. The molecule has 3 aromatic rings. The summed E-state index contributed by atoms with van der Waals surface area (Å²) in [6.45, 7) is 3.70. The SMILES string of the molecule is Cc1cnn2c(NC3CCN(C4CCC(C(F)(F)F)CC4)CC3)cc(-c3ccccc3O)nc12. The third-order valence-electron chi connectivity index (χ3n) is 7.39. The molecule has 2 fully saturated rings. The molecule has 9 heteroatoms. The second-order valence-electron chi connectivity index (χ2n) is 9.61. The van der Waals surface area contributed by atoms with E-state index in [1.54, 1.807) is 22.8 Å². The lowest BCUT2D eigenvalue weighted by Crippen LogP contribution is -2.46. The number of para-hydroxylation sites is 1. The molecule has 1 aliphatic carbocycles. The minimum Gasteiger partial charge on any atom is -0.507 e. The Labute approximate surface area is 196 Å². The topological polar surface area (TPSA) is 65.7 Å². The Hall–Kier alpha value is -2.81. The lowest BCUT2D eigenvalue weighted by molar-refractivity contribution is -0.184. The molecule has 2 N–H and O–H groups in total. The van der Waals surface area contributed by atoms with E-state index in [1.165, 1.54) is 0 Å². The van der Waals surface area contributed by atoms with Gasteiger partial charge in [0, 0.05) is 42.4 Å². The van der Waals surface area contributed by atoms with E-state index in [1.807, 2.05) is 25.1 Å². The smallest absolute Gasteiger partial charge is 0.391 e. The summed E-state index contributed by atoms with van der Waals surface area (Å²) in [6, 6.07) is 9.55. The van der Waals surface area contributed by atoms with Crippen LogP contribution >= 0.6 is 0 Å². The number of benzene rings is 1. The number of aryl methyl sites for hydroxylation is 1. The van der Waals surface area contributed by atoms with Gasteiger partial charge in [-0.2, -0.15) is 22.8 Å². The van der Waals surface area contributed by atoms with Crippen LogP contribution in [0.1, 0.15) is 44.1 Å². The second-order valence-corrected chi connectivity index (χ2v) is 9.61. The summed E-state index contributed by atoms with van der Waals surface area (Å²) in [6.07, 6.45) is 1.29. The normalized spacial score (nSPS) is 22.8. The Morgan fingerprint density at radius 3 is 2.41 bits per heavy atom. The van der Waals surface area contributed by atoms with Crippen LogP contribution in [0.3, 0.4) is 0 Å². The van der Waals surface area contributed by atoms with Crippen molar-refractivity contribution in [1.82, 2.24) is 19.5 Å². The number of aromatic nitrogens is 3. The van der Waals surface area contributed by atoms with Crippen LogP contribution in [0.5, 0.6) is 5.75 Å². The van der Waals surface area contributed by atoms with Crippen LogP contribution in [0.25, 0.3) is 16.9 Å². The van der Waals surface area contributed by atoms with E-state index in [0.29, 0.717) is 24.1 Å². The van der Waals surface area contributed by atoms with Crippen molar-refractivity contribution in [2.45, 2.75) is 63.7 Å². The Morgan fingerprint density at radius 2 is 1.74 bits per heavy atom. The van der Waals surface area contributed by atoms with Crippen LogP contribution in [0, 0.1) is 12.8 Å². The number of alkyl halides is 3. The number of piperidine rings is 1. The Morgan fingerprint density at radius 1 is 1.03 bits per heavy atom. The van der Waals surface area contributed by atoms with E-state index < -0.39 is 12.1 Å². The summed E-state index contributed by atoms with van der Waals surface area (Å²) in [5, 5.41) is 18.4. The maximum absolute atomic E-state index is 13.0. The van der Waals surface area contributed by atoms with Crippen LogP contribution in [0.15, 0.2) is 36.5 Å². The first-order valence-electron chi connectivity index (χ1n) is 12.0. The summed E-state index contributed by atoms with van der Waals surface area (Å²) in [5.74, 6) is -0.135. The highest BCUT2D eigenvalue weighted by Gasteiger charge is 2.42. The molecule has 2 aliphatic rings. The maximum atomic E-state index is 13.0. The standard InChI is InChI=1S/C25H30F3N5O/c1-16-15-29-33-23(14-21(31-24(16)33)20-4-2-3-5-22(20)34)30-18-10-12-32(13-11-18)19-8-6-17(7-9-19)25(26,27)28/h2-5,14-15,17-19,30,34H,6-13H2,1H3. The molecule has 1 aliphatic heterocycles. The Balaban J connectivity index is 1.27. The van der Waals surface area contributed by atoms with Crippen LogP contribution in [-0.2, 0) is 0 Å². The fraction of sp³-hybridized carbons (Fsp3) is 0.520. The molecule has 1 aromatic carbocycles. The van der Waals surface area contributed by atoms with Gasteiger partial charge < -0.3 is 15.3 Å². The van der Waals surface area contributed by atoms with E-state index in [4.69, 9.17) is 4.98 Å². The number of nitrogens with one attached hydrogen (secondary N) is 1. The molecule has 182 valence electrons. The third-order valence-corrected chi connectivity index (χ3v) is 7.39. The van der Waals surface area contributed by atoms with Crippen molar-refractivity contribution in [3.63, 3.8) is 0 Å². The number of halogens is 3. The molecule has 2 aromatic heterocycles. The van der Waals surface area contributed by atoms with Crippen LogP contribution in [0.4, 0.5) is 19.0 Å². The van der Waals surface area contributed by atoms with Crippen LogP contribution in [0.2, 0.25) is 0 Å². The number of rotatable bonds is 4. The van der Waals surface area contributed by atoms with Crippen molar-refractivity contribution in [3.8, 4) is 17.0 Å². The zero-order valence-electron chi connectivity index (χ0n) is 19.2. The lowest BCUT2D eigenvalue weighted by Gasteiger charge is -2.41. The van der Waals surface area contributed by atoms with Gasteiger partial charge in [0.1, 0.15) is 11.6 Å². The molecule has 3 heterocycles. The highest BCUT2D eigenvalue weighted by atomic mass is 19.4. The first-order valence-corrected chi connectivity index (χ1v) is 12.0. The lowest BCUT2D eigenvalue weighted by atomic mass is 9.84. The first kappa shape index (κ1) is 23.0. The number of phenolic OH excluding ortho intramolecular Hbond substituents is 1. The Kier molecular flexibility index (Phi) is 6.14. The van der Waals surface area contributed by atoms with Crippen molar-refractivity contribution in [1.29, 1.82) is 0 Å². The van der Waals surface area contributed by atoms with Gasteiger partial charge in [-0.1, -0.05) is 12.1 Å². The van der Waals surface area contributed by atoms with Gasteiger partial charge >= 0.3 is 6.18 Å². The number of nitrogens with zero attached hydrogens (tertiary/aromatic N) is 4. The van der Waals surface area contributed by atoms with Gasteiger partial charge in [0.25, 0.3) is 0 Å². The molecular weight excluding hydrogens is 443 g/mol. The van der Waals surface area contributed by atoms with E-state index >= 15 is 0 Å². The van der Waals surface area contributed by atoms with Crippen molar-refractivity contribution < 1.29 is 18.3 Å². The van der Waals surface area contributed by atoms with Gasteiger partial charge in [-0.05, 0) is 57.6 Å². The van der Waals surface area contributed by atoms with Crippen molar-refractivity contribution in [2.24, 2.45) is 5.92 Å². The van der Waals surface area contributed by atoms with Crippen molar-refractivity contribution >= 4 is 11.5 Å². The second kappa shape index (κ2) is 9.09. The quantitative estimate of drug-likeness (QED) is 0.531. The van der Waals surface area contributed by atoms with Gasteiger partial charge in [-0.3, -0.25) is 0 Å². The zero-order valence-corrected chi connectivity index (χ0v) is 19.2. The molecule has 0 atom stereocenters. The summed E-state index contributed by atoms with van der Waals surface area (Å²) in [4.78, 5) is 7.10. The fourth-order valence-corrected chi connectivity index (χ4v) is 5.39. The van der Waals surface area contributed by atoms with E-state index in [2.05, 4.69) is 15.3 Å². The molecule has 1 saturated carbocycles. The minimum atomic E-state index is -4.06. The molecule has 0 amide bonds. The Bertz CT molecular complexity index is 1150. The van der Waals surface area contributed by atoms with Gasteiger partial charge in [0.2, 0.25) is 0 Å². The molecule has 1 saturated heterocycles. The maximum Gasteiger partial charge on any atom is 0.391 e. The number of hydrogen-bond donors (Lipinski definition) is 2. The predicted molar refractivity (Wildman–Crippen MR) is 125 cm³/mol. The van der Waals surface area contributed by atoms with Crippen molar-refractivity contribution in [3.05, 3.63) is 42.1 Å². The molecule has 0 bridgehead atoms. The van der Waals surface area contributed by atoms with Gasteiger partial charge in [0.05, 0.1) is 17.8 Å². The molecule has 6 nitrogen and oxygen atoms in total. The van der Waals surface area contributed by atoms with Crippen LogP contribution in [-0.4, -0.2) is 56.0 Å². The number of hydrogen-bond acceptors (Lipinski definition) is 5. The molecule has 0 radical (unpaired) electrons. The third kappa shape index (κ3) is 4.58. The van der Waals surface area contributed by atoms with Gasteiger partial charge in [-0.25, -0.2) is 4.98 Å². The highest BCUT2D eigenvalue weighted by molar-refractivity contribution is 5.72. The van der Waals surface area contributed by atoms with E-state index in [0.717, 1.165) is 43.0 Å². The monoisotopic (exact) mass is 473 g/mol. The molecular formula is C25H30F3N5O. The van der Waals surface area contributed by atoms with Crippen molar-refractivity contribution in [2.75, 3.05) is 18.4 Å². The molecule has 0 spiro atoms. The number of aromatic hydroxyl groups is 1. The van der Waals surface area contributed by atoms with Gasteiger partial charge in [0.15, 0.2) is 5.65 Å². The minimum absolute atomic E-state index is 0.177. The average molecular weight is 474 g/mol. The summed E-state index contributed by atoms with van der Waals surface area (Å²) < 4.78 is 40.8. The number of anilines is 1. The predicted octanol–water partition coefficient (Wildman–Crippen LogP) is 5.41. The van der Waals surface area contributed by atoms with Gasteiger partial charge in [-0.15, -0.1) is 0 Å². The van der Waals surface area contributed by atoms with E-state index in [-0.39, 0.29) is 30.7 Å². The zero-order chi connectivity index (χ0) is 23.9. The van der Waals surface area contributed by atoms with Crippen LogP contribution < -0.4 is 5.32 Å². The molecule has 34 heavy (non-hydrogen) atoms. The average Bonchev–Trinajstić information content (AvgIpc) is 3.20. The summed E-state index contributed by atoms with van der Waals surface area (Å²) >= 11 is 0. The molecule has 5 rings (SSSR count). The molecule has 0 unspecified atom stereocenters.